The molecule has 1 aliphatic heterocycles. The molecule has 0 saturated carbocycles. The Bertz CT molecular complexity index is 784. The second-order valence-corrected chi connectivity index (χ2v) is 6.93. The van der Waals surface area contributed by atoms with Crippen molar-refractivity contribution in [2.75, 3.05) is 36.5 Å². The quantitative estimate of drug-likeness (QED) is 0.728. The number of aryl methyl sites for hydroxylation is 1. The van der Waals surface area contributed by atoms with Crippen molar-refractivity contribution >= 4 is 23.1 Å². The van der Waals surface area contributed by atoms with E-state index in [2.05, 4.69) is 58.4 Å². The summed E-state index contributed by atoms with van der Waals surface area (Å²) in [5.41, 5.74) is 3.61. The number of rotatable bonds is 8. The lowest BCUT2D eigenvalue weighted by molar-refractivity contribution is 0.0853. The molecule has 0 bridgehead atoms. The second-order valence-electron chi connectivity index (χ2n) is 6.93. The van der Waals surface area contributed by atoms with E-state index in [4.69, 9.17) is 4.74 Å². The summed E-state index contributed by atoms with van der Waals surface area (Å²) in [4.78, 5) is 23.1. The summed E-state index contributed by atoms with van der Waals surface area (Å²) in [5.74, 6) is 0.378. The maximum atomic E-state index is 12.2. The number of nitrogens with one attached hydrogen (secondary N) is 2. The zero-order valence-electron chi connectivity index (χ0n) is 16.9. The van der Waals surface area contributed by atoms with Crippen LogP contribution in [0.25, 0.3) is 0 Å². The third kappa shape index (κ3) is 4.98. The number of benzene rings is 1. The first kappa shape index (κ1) is 20.1. The Labute approximate surface area is 166 Å². The largest absolute Gasteiger partial charge is 0.376 e. The Morgan fingerprint density at radius 3 is 2.68 bits per heavy atom. The average Bonchev–Trinajstić information content (AvgIpc) is 3.23. The fourth-order valence-corrected chi connectivity index (χ4v) is 3.32. The summed E-state index contributed by atoms with van der Waals surface area (Å²) in [6.45, 7) is 9.61. The van der Waals surface area contributed by atoms with Crippen molar-refractivity contribution in [3.8, 4) is 0 Å². The van der Waals surface area contributed by atoms with Gasteiger partial charge in [0.05, 0.1) is 18.5 Å². The fourth-order valence-electron chi connectivity index (χ4n) is 3.32. The van der Waals surface area contributed by atoms with Crippen molar-refractivity contribution in [2.24, 2.45) is 0 Å². The first-order valence-electron chi connectivity index (χ1n) is 9.95. The van der Waals surface area contributed by atoms with Crippen LogP contribution in [0.2, 0.25) is 0 Å². The molecule has 1 aliphatic rings. The van der Waals surface area contributed by atoms with E-state index in [0.717, 1.165) is 43.8 Å². The van der Waals surface area contributed by atoms with E-state index in [1.807, 2.05) is 6.07 Å². The smallest absolute Gasteiger partial charge is 0.271 e. The Morgan fingerprint density at radius 1 is 1.25 bits per heavy atom. The second kappa shape index (κ2) is 9.50. The van der Waals surface area contributed by atoms with Gasteiger partial charge in [0.1, 0.15) is 11.5 Å². The molecule has 1 atom stereocenters. The minimum absolute atomic E-state index is 0.111. The zero-order chi connectivity index (χ0) is 19.9. The molecule has 3 rings (SSSR count). The third-order valence-corrected chi connectivity index (χ3v) is 5.00. The van der Waals surface area contributed by atoms with Crippen LogP contribution in [0.4, 0.5) is 17.2 Å². The van der Waals surface area contributed by atoms with Crippen LogP contribution in [0.5, 0.6) is 0 Å². The van der Waals surface area contributed by atoms with Gasteiger partial charge in [-0.3, -0.25) is 4.79 Å². The molecule has 1 saturated heterocycles. The van der Waals surface area contributed by atoms with Gasteiger partial charge in [0, 0.05) is 37.6 Å². The maximum absolute atomic E-state index is 12.2. The normalized spacial score (nSPS) is 16.0. The van der Waals surface area contributed by atoms with Gasteiger partial charge in [-0.2, -0.15) is 0 Å². The van der Waals surface area contributed by atoms with Crippen molar-refractivity contribution in [1.29, 1.82) is 0 Å². The first-order chi connectivity index (χ1) is 13.6. The van der Waals surface area contributed by atoms with Crippen LogP contribution in [0.3, 0.4) is 0 Å². The number of carbonyl (C=O) groups is 1. The number of carbonyl (C=O) groups excluding carboxylic acids is 1. The van der Waals surface area contributed by atoms with E-state index in [-0.39, 0.29) is 12.0 Å². The molecule has 1 amide bonds. The van der Waals surface area contributed by atoms with Gasteiger partial charge in [-0.05, 0) is 57.4 Å². The maximum Gasteiger partial charge on any atom is 0.271 e. The van der Waals surface area contributed by atoms with Crippen LogP contribution in [-0.4, -0.2) is 48.2 Å². The van der Waals surface area contributed by atoms with Gasteiger partial charge in [0.25, 0.3) is 5.91 Å². The van der Waals surface area contributed by atoms with Crippen molar-refractivity contribution in [3.05, 3.63) is 41.9 Å². The topological polar surface area (TPSA) is 79.4 Å². The number of ether oxygens (including phenoxy) is 1. The molecule has 1 aromatic carbocycles. The SMILES string of the molecule is CCN(CC)c1ccc(Nc2cnc(C(=O)NCC3CCCO3)cn2)c(C)c1. The molecular weight excluding hydrogens is 354 g/mol. The minimum atomic E-state index is -0.227. The molecule has 150 valence electrons. The number of hydrogen-bond donors (Lipinski definition) is 2. The summed E-state index contributed by atoms with van der Waals surface area (Å²) >= 11 is 0. The molecule has 2 heterocycles. The van der Waals surface area contributed by atoms with Crippen molar-refractivity contribution in [2.45, 2.75) is 39.7 Å². The van der Waals surface area contributed by atoms with Crippen LogP contribution in [0.1, 0.15) is 42.7 Å². The highest BCUT2D eigenvalue weighted by atomic mass is 16.5. The molecule has 0 spiro atoms. The zero-order valence-corrected chi connectivity index (χ0v) is 16.9. The Kier molecular flexibility index (Phi) is 6.81. The summed E-state index contributed by atoms with van der Waals surface area (Å²) in [6.07, 6.45) is 5.23. The Morgan fingerprint density at radius 2 is 2.07 bits per heavy atom. The van der Waals surface area contributed by atoms with E-state index >= 15 is 0 Å². The lowest BCUT2D eigenvalue weighted by atomic mass is 10.1. The van der Waals surface area contributed by atoms with Crippen LogP contribution in [0.15, 0.2) is 30.6 Å². The Balaban J connectivity index is 1.59. The summed E-state index contributed by atoms with van der Waals surface area (Å²) in [6, 6.07) is 6.31. The molecule has 0 aliphatic carbocycles. The van der Waals surface area contributed by atoms with Gasteiger partial charge in [0.2, 0.25) is 0 Å². The Hall–Kier alpha value is -2.67. The highest BCUT2D eigenvalue weighted by Gasteiger charge is 2.17. The van der Waals surface area contributed by atoms with Gasteiger partial charge in [-0.15, -0.1) is 0 Å². The fraction of sp³-hybridized carbons (Fsp3) is 0.476. The van der Waals surface area contributed by atoms with E-state index in [1.54, 1.807) is 6.20 Å². The molecular formula is C21H29N5O2. The number of amides is 1. The number of nitrogens with zero attached hydrogens (tertiary/aromatic N) is 3. The molecule has 2 N–H and O–H groups in total. The molecule has 28 heavy (non-hydrogen) atoms. The molecule has 0 radical (unpaired) electrons. The summed E-state index contributed by atoms with van der Waals surface area (Å²) < 4.78 is 5.51. The molecule has 7 heteroatoms. The molecule has 2 aromatic rings. The average molecular weight is 383 g/mol. The predicted octanol–water partition coefficient (Wildman–Crippen LogP) is 3.28. The highest BCUT2D eigenvalue weighted by Crippen LogP contribution is 2.24. The van der Waals surface area contributed by atoms with Crippen LogP contribution in [0, 0.1) is 6.92 Å². The number of anilines is 3. The highest BCUT2D eigenvalue weighted by molar-refractivity contribution is 5.92. The van der Waals surface area contributed by atoms with Gasteiger partial charge in [-0.25, -0.2) is 9.97 Å². The predicted molar refractivity (Wildman–Crippen MR) is 111 cm³/mol. The number of hydrogen-bond acceptors (Lipinski definition) is 6. The van der Waals surface area contributed by atoms with Gasteiger partial charge in [0.15, 0.2) is 0 Å². The van der Waals surface area contributed by atoms with Crippen LogP contribution < -0.4 is 15.5 Å². The van der Waals surface area contributed by atoms with E-state index < -0.39 is 0 Å². The molecule has 1 fully saturated rings. The van der Waals surface area contributed by atoms with Gasteiger partial charge < -0.3 is 20.3 Å². The van der Waals surface area contributed by atoms with Crippen LogP contribution >= 0.6 is 0 Å². The lowest BCUT2D eigenvalue weighted by Gasteiger charge is -2.22. The molecule has 1 unspecified atom stereocenters. The monoisotopic (exact) mass is 383 g/mol. The summed E-state index contributed by atoms with van der Waals surface area (Å²) in [7, 11) is 0. The third-order valence-electron chi connectivity index (χ3n) is 5.00. The molecule has 1 aromatic heterocycles. The number of aromatic nitrogens is 2. The lowest BCUT2D eigenvalue weighted by Crippen LogP contribution is -2.32. The van der Waals surface area contributed by atoms with E-state index in [9.17, 15) is 4.79 Å². The standard InChI is InChI=1S/C21H29N5O2/c1-4-26(5-2)16-8-9-18(15(3)11-16)25-20-14-22-19(13-23-20)21(27)24-12-17-7-6-10-28-17/h8-9,11,13-14,17H,4-7,10,12H2,1-3H3,(H,23,25)(H,24,27). The minimum Gasteiger partial charge on any atom is -0.376 e. The van der Waals surface area contributed by atoms with Gasteiger partial charge >= 0.3 is 0 Å². The van der Waals surface area contributed by atoms with E-state index in [1.165, 1.54) is 11.9 Å². The molecule has 7 nitrogen and oxygen atoms in total. The first-order valence-corrected chi connectivity index (χ1v) is 9.95. The van der Waals surface area contributed by atoms with Crippen molar-refractivity contribution < 1.29 is 9.53 Å². The van der Waals surface area contributed by atoms with E-state index in [0.29, 0.717) is 18.1 Å². The van der Waals surface area contributed by atoms with Gasteiger partial charge in [-0.1, -0.05) is 0 Å². The van der Waals surface area contributed by atoms with Crippen molar-refractivity contribution in [3.63, 3.8) is 0 Å². The van der Waals surface area contributed by atoms with Crippen LogP contribution in [-0.2, 0) is 4.74 Å². The summed E-state index contributed by atoms with van der Waals surface area (Å²) in [5, 5.41) is 6.13. The van der Waals surface area contributed by atoms with Crippen molar-refractivity contribution in [1.82, 2.24) is 15.3 Å².